The van der Waals surface area contributed by atoms with Gasteiger partial charge in [0.25, 0.3) is 0 Å². The first kappa shape index (κ1) is 10.2. The summed E-state index contributed by atoms with van der Waals surface area (Å²) in [4.78, 5) is 7.85. The molecule has 88 valence electrons. The van der Waals surface area contributed by atoms with E-state index < -0.39 is 0 Å². The minimum atomic E-state index is -0.113. The van der Waals surface area contributed by atoms with Crippen molar-refractivity contribution in [2.75, 3.05) is 0 Å². The minimum Gasteiger partial charge on any atom is -0.504 e. The quantitative estimate of drug-likeness (QED) is 0.695. The lowest BCUT2D eigenvalue weighted by atomic mass is 10.1. The number of imidazole rings is 1. The minimum absolute atomic E-state index is 0.107. The van der Waals surface area contributed by atoms with Gasteiger partial charge in [-0.15, -0.1) is 0 Å². The maximum Gasteiger partial charge on any atom is 0.158 e. The zero-order chi connectivity index (χ0) is 12.0. The first-order valence-corrected chi connectivity index (χ1v) is 5.74. The van der Waals surface area contributed by atoms with Crippen LogP contribution in [0.4, 0.5) is 0 Å². The van der Waals surface area contributed by atoms with Crippen molar-refractivity contribution in [3.8, 4) is 22.8 Å². The third-order valence-electron chi connectivity index (χ3n) is 3.12. The van der Waals surface area contributed by atoms with Gasteiger partial charge in [-0.25, -0.2) is 4.98 Å². The Morgan fingerprint density at radius 1 is 1.24 bits per heavy atom. The molecular formula is C13H14N2O2. The Morgan fingerprint density at radius 3 is 2.65 bits per heavy atom. The standard InChI is InChI=1S/C13H14N2O2/c1-7-12(15-13(14-7)8-2-3-8)9-4-5-10(16)11(17)6-9/h4-6,8,16-17H,2-3H2,1H3,(H,14,15). The molecule has 17 heavy (non-hydrogen) atoms. The summed E-state index contributed by atoms with van der Waals surface area (Å²) in [6.45, 7) is 1.97. The number of aryl methyl sites for hydroxylation is 1. The molecule has 0 radical (unpaired) electrons. The lowest BCUT2D eigenvalue weighted by Crippen LogP contribution is -1.82. The molecule has 0 atom stereocenters. The number of hydrogen-bond acceptors (Lipinski definition) is 3. The Morgan fingerprint density at radius 2 is 2.00 bits per heavy atom. The highest BCUT2D eigenvalue weighted by Crippen LogP contribution is 2.40. The average molecular weight is 230 g/mol. The van der Waals surface area contributed by atoms with E-state index in [2.05, 4.69) is 9.97 Å². The van der Waals surface area contributed by atoms with Gasteiger partial charge in [0.2, 0.25) is 0 Å². The fraction of sp³-hybridized carbons (Fsp3) is 0.308. The van der Waals surface area contributed by atoms with Crippen molar-refractivity contribution in [1.29, 1.82) is 0 Å². The maximum atomic E-state index is 9.49. The van der Waals surface area contributed by atoms with Crippen LogP contribution in [0.25, 0.3) is 11.3 Å². The van der Waals surface area contributed by atoms with Crippen LogP contribution in [0.3, 0.4) is 0 Å². The fourth-order valence-corrected chi connectivity index (χ4v) is 1.99. The van der Waals surface area contributed by atoms with Crippen LogP contribution < -0.4 is 0 Å². The summed E-state index contributed by atoms with van der Waals surface area (Å²) in [5.74, 6) is 1.39. The number of hydrogen-bond donors (Lipinski definition) is 3. The van der Waals surface area contributed by atoms with Crippen molar-refractivity contribution in [1.82, 2.24) is 9.97 Å². The Hall–Kier alpha value is -1.97. The Balaban J connectivity index is 2.04. The van der Waals surface area contributed by atoms with E-state index in [9.17, 15) is 10.2 Å². The summed E-state index contributed by atoms with van der Waals surface area (Å²) in [5, 5.41) is 18.8. The lowest BCUT2D eigenvalue weighted by molar-refractivity contribution is 0.404. The molecule has 0 spiro atoms. The highest BCUT2D eigenvalue weighted by molar-refractivity contribution is 5.65. The molecule has 0 aliphatic heterocycles. The molecular weight excluding hydrogens is 216 g/mol. The monoisotopic (exact) mass is 230 g/mol. The van der Waals surface area contributed by atoms with E-state index in [1.165, 1.54) is 25.0 Å². The molecule has 1 saturated carbocycles. The first-order chi connectivity index (χ1) is 8.15. The van der Waals surface area contributed by atoms with E-state index >= 15 is 0 Å². The van der Waals surface area contributed by atoms with Gasteiger partial charge in [-0.3, -0.25) is 0 Å². The number of nitrogens with zero attached hydrogens (tertiary/aromatic N) is 1. The smallest absolute Gasteiger partial charge is 0.158 e. The van der Waals surface area contributed by atoms with Crippen LogP contribution >= 0.6 is 0 Å². The SMILES string of the molecule is Cc1[nH]c(C2CC2)nc1-c1ccc(O)c(O)c1. The topological polar surface area (TPSA) is 69.1 Å². The molecule has 0 bridgehead atoms. The second-order valence-corrected chi connectivity index (χ2v) is 4.57. The van der Waals surface area contributed by atoms with Crippen LogP contribution in [0.15, 0.2) is 18.2 Å². The number of benzene rings is 1. The van der Waals surface area contributed by atoms with Crippen LogP contribution in [0.2, 0.25) is 0 Å². The molecule has 4 nitrogen and oxygen atoms in total. The molecule has 4 heteroatoms. The number of aromatic nitrogens is 2. The van der Waals surface area contributed by atoms with Crippen molar-refractivity contribution in [3.63, 3.8) is 0 Å². The van der Waals surface area contributed by atoms with E-state index in [4.69, 9.17) is 0 Å². The molecule has 1 aromatic heterocycles. The van der Waals surface area contributed by atoms with E-state index in [1.807, 2.05) is 6.92 Å². The van der Waals surface area contributed by atoms with Gasteiger partial charge >= 0.3 is 0 Å². The number of aromatic hydroxyl groups is 2. The summed E-state index contributed by atoms with van der Waals surface area (Å²) in [6.07, 6.45) is 2.40. The normalized spacial score (nSPS) is 15.1. The highest BCUT2D eigenvalue weighted by atomic mass is 16.3. The third-order valence-corrected chi connectivity index (χ3v) is 3.12. The van der Waals surface area contributed by atoms with Gasteiger partial charge in [-0.05, 0) is 38.0 Å². The number of aromatic amines is 1. The van der Waals surface area contributed by atoms with Crippen molar-refractivity contribution in [2.45, 2.75) is 25.7 Å². The van der Waals surface area contributed by atoms with Crippen LogP contribution in [-0.2, 0) is 0 Å². The Labute approximate surface area is 99.0 Å². The first-order valence-electron chi connectivity index (χ1n) is 5.74. The van der Waals surface area contributed by atoms with E-state index in [-0.39, 0.29) is 11.5 Å². The van der Waals surface area contributed by atoms with Gasteiger partial charge in [-0.1, -0.05) is 0 Å². The number of phenols is 2. The molecule has 0 unspecified atom stereocenters. The second-order valence-electron chi connectivity index (χ2n) is 4.57. The molecule has 1 fully saturated rings. The maximum absolute atomic E-state index is 9.49. The summed E-state index contributed by atoms with van der Waals surface area (Å²) in [7, 11) is 0. The average Bonchev–Trinajstić information content (AvgIpc) is 3.07. The second kappa shape index (κ2) is 3.52. The zero-order valence-electron chi connectivity index (χ0n) is 9.57. The molecule has 1 aromatic carbocycles. The Bertz CT molecular complexity index is 571. The van der Waals surface area contributed by atoms with Gasteiger partial charge in [0.05, 0.1) is 5.69 Å². The summed E-state index contributed by atoms with van der Waals surface area (Å²) < 4.78 is 0. The predicted octanol–water partition coefficient (Wildman–Crippen LogP) is 2.67. The fourth-order valence-electron chi connectivity index (χ4n) is 1.99. The molecule has 0 saturated heterocycles. The number of rotatable bonds is 2. The molecule has 0 amide bonds. The van der Waals surface area contributed by atoms with Crippen molar-refractivity contribution in [2.24, 2.45) is 0 Å². The predicted molar refractivity (Wildman–Crippen MR) is 64.1 cm³/mol. The molecule has 3 N–H and O–H groups in total. The van der Waals surface area contributed by atoms with Gasteiger partial charge in [-0.2, -0.15) is 0 Å². The van der Waals surface area contributed by atoms with E-state index in [1.54, 1.807) is 6.07 Å². The van der Waals surface area contributed by atoms with Gasteiger partial charge < -0.3 is 15.2 Å². The van der Waals surface area contributed by atoms with Crippen molar-refractivity contribution in [3.05, 3.63) is 29.7 Å². The van der Waals surface area contributed by atoms with Crippen molar-refractivity contribution < 1.29 is 10.2 Å². The number of nitrogens with one attached hydrogen (secondary N) is 1. The van der Waals surface area contributed by atoms with Crippen LogP contribution in [-0.4, -0.2) is 20.2 Å². The zero-order valence-corrected chi connectivity index (χ0v) is 9.57. The van der Waals surface area contributed by atoms with E-state index in [0.29, 0.717) is 5.92 Å². The van der Waals surface area contributed by atoms with Crippen molar-refractivity contribution >= 4 is 0 Å². The van der Waals surface area contributed by atoms with Crippen LogP contribution in [0.1, 0.15) is 30.3 Å². The Kier molecular flexibility index (Phi) is 2.11. The molecule has 2 aromatic rings. The highest BCUT2D eigenvalue weighted by Gasteiger charge is 2.27. The third kappa shape index (κ3) is 1.75. The largest absolute Gasteiger partial charge is 0.504 e. The molecule has 1 aliphatic carbocycles. The molecule has 3 rings (SSSR count). The van der Waals surface area contributed by atoms with Crippen LogP contribution in [0, 0.1) is 6.92 Å². The summed E-state index contributed by atoms with van der Waals surface area (Å²) >= 11 is 0. The van der Waals surface area contributed by atoms with Gasteiger partial charge in [0, 0.05) is 17.2 Å². The summed E-state index contributed by atoms with van der Waals surface area (Å²) in [6, 6.07) is 4.78. The molecule has 1 heterocycles. The lowest BCUT2D eigenvalue weighted by Gasteiger charge is -2.01. The number of H-pyrrole nitrogens is 1. The summed E-state index contributed by atoms with van der Waals surface area (Å²) in [5.41, 5.74) is 2.67. The molecule has 1 aliphatic rings. The van der Waals surface area contributed by atoms with Gasteiger partial charge in [0.15, 0.2) is 11.5 Å². The van der Waals surface area contributed by atoms with Crippen LogP contribution in [0.5, 0.6) is 11.5 Å². The van der Waals surface area contributed by atoms with Gasteiger partial charge in [0.1, 0.15) is 5.82 Å². The number of phenolic OH excluding ortho intramolecular Hbond substituents is 2. The van der Waals surface area contributed by atoms with E-state index in [0.717, 1.165) is 22.8 Å².